The van der Waals surface area contributed by atoms with Crippen molar-refractivity contribution in [2.45, 2.75) is 59.8 Å². The highest BCUT2D eigenvalue weighted by molar-refractivity contribution is 5.75. The first-order valence-corrected chi connectivity index (χ1v) is 5.68. The van der Waals surface area contributed by atoms with Crippen molar-refractivity contribution in [3.63, 3.8) is 0 Å². The minimum Gasteiger partial charge on any atom is -0.300 e. The summed E-state index contributed by atoms with van der Waals surface area (Å²) >= 11 is 0. The normalized spacial score (nSPS) is 27.1. The van der Waals surface area contributed by atoms with Gasteiger partial charge in [0.2, 0.25) is 0 Å². The first-order chi connectivity index (χ1) is 6.49. The molecule has 0 N–H and O–H groups in total. The largest absolute Gasteiger partial charge is 0.300 e. The van der Waals surface area contributed by atoms with Crippen molar-refractivity contribution in [2.75, 3.05) is 0 Å². The first kappa shape index (κ1) is 11.5. The molecule has 0 aromatic rings. The van der Waals surface area contributed by atoms with E-state index in [2.05, 4.69) is 20.8 Å². The zero-order chi connectivity index (χ0) is 10.8. The van der Waals surface area contributed by atoms with Crippen LogP contribution in [0.3, 0.4) is 0 Å². The molecule has 1 nitrogen and oxygen atoms in total. The SMILES string of the molecule is CCC1=C(C)C(C)(CCC(C)=O)CC1. The Bertz CT molecular complexity index is 262. The van der Waals surface area contributed by atoms with Gasteiger partial charge in [-0.15, -0.1) is 0 Å². The minimum absolute atomic E-state index is 0.316. The van der Waals surface area contributed by atoms with Crippen molar-refractivity contribution in [3.05, 3.63) is 11.1 Å². The van der Waals surface area contributed by atoms with Crippen LogP contribution >= 0.6 is 0 Å². The Morgan fingerprint density at radius 2 is 2.14 bits per heavy atom. The number of rotatable bonds is 4. The first-order valence-electron chi connectivity index (χ1n) is 5.68. The molecule has 80 valence electrons. The Balaban J connectivity index is 2.67. The minimum atomic E-state index is 0.316. The van der Waals surface area contributed by atoms with Gasteiger partial charge >= 0.3 is 0 Å². The molecule has 1 aliphatic rings. The lowest BCUT2D eigenvalue weighted by atomic mass is 9.79. The standard InChI is InChI=1S/C13H22O/c1-5-12-7-9-13(4,11(12)3)8-6-10(2)14/h5-9H2,1-4H3. The van der Waals surface area contributed by atoms with Crippen LogP contribution in [0.15, 0.2) is 11.1 Å². The number of Topliss-reactive ketones (excluding diaryl/α,β-unsaturated/α-hetero) is 1. The van der Waals surface area contributed by atoms with Gasteiger partial charge in [-0.25, -0.2) is 0 Å². The van der Waals surface area contributed by atoms with E-state index in [9.17, 15) is 4.79 Å². The second-order valence-corrected chi connectivity index (χ2v) is 4.84. The number of carbonyl (C=O) groups is 1. The van der Waals surface area contributed by atoms with Gasteiger partial charge in [-0.1, -0.05) is 25.0 Å². The van der Waals surface area contributed by atoms with Crippen LogP contribution in [-0.4, -0.2) is 5.78 Å². The van der Waals surface area contributed by atoms with Gasteiger partial charge in [-0.2, -0.15) is 0 Å². The fraction of sp³-hybridized carbons (Fsp3) is 0.769. The summed E-state index contributed by atoms with van der Waals surface area (Å²) in [6.07, 6.45) is 5.45. The molecule has 1 atom stereocenters. The predicted octanol–water partition coefficient (Wildman–Crippen LogP) is 3.88. The summed E-state index contributed by atoms with van der Waals surface area (Å²) in [4.78, 5) is 11.0. The Kier molecular flexibility index (Phi) is 3.52. The smallest absolute Gasteiger partial charge is 0.129 e. The maximum Gasteiger partial charge on any atom is 0.129 e. The topological polar surface area (TPSA) is 17.1 Å². The third-order valence-corrected chi connectivity index (χ3v) is 3.87. The van der Waals surface area contributed by atoms with Gasteiger partial charge in [-0.3, -0.25) is 0 Å². The van der Waals surface area contributed by atoms with Gasteiger partial charge in [0.05, 0.1) is 0 Å². The number of hydrogen-bond donors (Lipinski definition) is 0. The highest BCUT2D eigenvalue weighted by atomic mass is 16.1. The maximum absolute atomic E-state index is 11.0. The number of allylic oxidation sites excluding steroid dienone is 2. The van der Waals surface area contributed by atoms with Crippen LogP contribution in [0.1, 0.15) is 59.8 Å². The van der Waals surface area contributed by atoms with E-state index in [4.69, 9.17) is 0 Å². The highest BCUT2D eigenvalue weighted by Crippen LogP contribution is 2.46. The zero-order valence-electron chi connectivity index (χ0n) is 9.94. The average molecular weight is 194 g/mol. The summed E-state index contributed by atoms with van der Waals surface area (Å²) in [6, 6.07) is 0. The zero-order valence-corrected chi connectivity index (χ0v) is 9.94. The Labute approximate surface area is 87.6 Å². The molecule has 0 bridgehead atoms. The second-order valence-electron chi connectivity index (χ2n) is 4.84. The molecule has 0 aromatic carbocycles. The molecule has 0 amide bonds. The summed E-state index contributed by atoms with van der Waals surface area (Å²) < 4.78 is 0. The van der Waals surface area contributed by atoms with Crippen LogP contribution in [0, 0.1) is 5.41 Å². The van der Waals surface area contributed by atoms with E-state index >= 15 is 0 Å². The number of carbonyl (C=O) groups excluding carboxylic acids is 1. The van der Waals surface area contributed by atoms with E-state index in [1.54, 1.807) is 18.1 Å². The molecule has 0 heterocycles. The van der Waals surface area contributed by atoms with Gasteiger partial charge < -0.3 is 4.79 Å². The van der Waals surface area contributed by atoms with Crippen molar-refractivity contribution in [3.8, 4) is 0 Å². The molecule has 1 unspecified atom stereocenters. The lowest BCUT2D eigenvalue weighted by Gasteiger charge is -2.25. The molecule has 0 saturated carbocycles. The monoisotopic (exact) mass is 194 g/mol. The lowest BCUT2D eigenvalue weighted by Crippen LogP contribution is -2.15. The number of hydrogen-bond acceptors (Lipinski definition) is 1. The van der Waals surface area contributed by atoms with Crippen molar-refractivity contribution in [1.29, 1.82) is 0 Å². The quantitative estimate of drug-likeness (QED) is 0.621. The number of ketones is 1. The lowest BCUT2D eigenvalue weighted by molar-refractivity contribution is -0.117. The molecule has 1 heteroatoms. The van der Waals surface area contributed by atoms with Gasteiger partial charge in [0.15, 0.2) is 0 Å². The second kappa shape index (κ2) is 4.29. The van der Waals surface area contributed by atoms with E-state index in [1.807, 2.05) is 0 Å². The van der Waals surface area contributed by atoms with Gasteiger partial charge in [0.25, 0.3) is 0 Å². The van der Waals surface area contributed by atoms with Crippen molar-refractivity contribution >= 4 is 5.78 Å². The summed E-state index contributed by atoms with van der Waals surface area (Å²) in [5, 5.41) is 0. The summed E-state index contributed by atoms with van der Waals surface area (Å²) in [5.74, 6) is 0.323. The molecule has 0 aliphatic heterocycles. The predicted molar refractivity (Wildman–Crippen MR) is 60.2 cm³/mol. The molecule has 0 spiro atoms. The fourth-order valence-corrected chi connectivity index (χ4v) is 2.43. The van der Waals surface area contributed by atoms with Crippen molar-refractivity contribution < 1.29 is 4.79 Å². The van der Waals surface area contributed by atoms with Crippen LogP contribution in [0.25, 0.3) is 0 Å². The van der Waals surface area contributed by atoms with Gasteiger partial charge in [0, 0.05) is 6.42 Å². The molecule has 0 saturated heterocycles. The third-order valence-electron chi connectivity index (χ3n) is 3.87. The summed E-state index contributed by atoms with van der Waals surface area (Å²) in [5.41, 5.74) is 3.49. The van der Waals surface area contributed by atoms with Crippen LogP contribution in [-0.2, 0) is 4.79 Å². The Hall–Kier alpha value is -0.590. The van der Waals surface area contributed by atoms with Gasteiger partial charge in [-0.05, 0) is 44.9 Å². The van der Waals surface area contributed by atoms with Crippen LogP contribution in [0.4, 0.5) is 0 Å². The molecule has 1 aliphatic carbocycles. The van der Waals surface area contributed by atoms with E-state index in [1.165, 1.54) is 19.3 Å². The Morgan fingerprint density at radius 3 is 2.57 bits per heavy atom. The molecule has 14 heavy (non-hydrogen) atoms. The molecule has 1 rings (SSSR count). The van der Waals surface area contributed by atoms with E-state index < -0.39 is 0 Å². The van der Waals surface area contributed by atoms with Crippen LogP contribution in [0.5, 0.6) is 0 Å². The molecule has 0 fully saturated rings. The van der Waals surface area contributed by atoms with E-state index in [-0.39, 0.29) is 0 Å². The maximum atomic E-state index is 11.0. The van der Waals surface area contributed by atoms with Crippen molar-refractivity contribution in [2.24, 2.45) is 5.41 Å². The fourth-order valence-electron chi connectivity index (χ4n) is 2.43. The van der Waals surface area contributed by atoms with Gasteiger partial charge in [0.1, 0.15) is 5.78 Å². The molecular formula is C13H22O. The molecular weight excluding hydrogens is 172 g/mol. The molecule has 0 radical (unpaired) electrons. The van der Waals surface area contributed by atoms with E-state index in [0.717, 1.165) is 12.8 Å². The third kappa shape index (κ3) is 2.26. The summed E-state index contributed by atoms with van der Waals surface area (Å²) in [7, 11) is 0. The van der Waals surface area contributed by atoms with E-state index in [0.29, 0.717) is 11.2 Å². The Morgan fingerprint density at radius 1 is 1.50 bits per heavy atom. The summed E-state index contributed by atoms with van der Waals surface area (Å²) in [6.45, 7) is 8.49. The average Bonchev–Trinajstić information content (AvgIpc) is 2.42. The van der Waals surface area contributed by atoms with Crippen LogP contribution < -0.4 is 0 Å². The highest BCUT2D eigenvalue weighted by Gasteiger charge is 2.32. The van der Waals surface area contributed by atoms with Crippen LogP contribution in [0.2, 0.25) is 0 Å². The molecule has 0 aromatic heterocycles. The van der Waals surface area contributed by atoms with Crippen molar-refractivity contribution in [1.82, 2.24) is 0 Å².